The minimum Gasteiger partial charge on any atom is -0.508 e. The number of aromatic hydroxyl groups is 1. The fourth-order valence-corrected chi connectivity index (χ4v) is 1.79. The Labute approximate surface area is 128 Å². The van der Waals surface area contributed by atoms with Gasteiger partial charge in [0.1, 0.15) is 23.1 Å². The van der Waals surface area contributed by atoms with E-state index in [0.717, 1.165) is 0 Å². The van der Waals surface area contributed by atoms with E-state index in [2.05, 4.69) is 5.32 Å². The van der Waals surface area contributed by atoms with Gasteiger partial charge in [0.2, 0.25) is 0 Å². The molecule has 5 nitrogen and oxygen atoms in total. The normalized spacial score (nSPS) is 10.6. The van der Waals surface area contributed by atoms with Gasteiger partial charge in [0.05, 0.1) is 7.11 Å². The number of nitrogens with zero attached hydrogens (tertiary/aromatic N) is 1. The minimum atomic E-state index is -0.510. The van der Waals surface area contributed by atoms with E-state index in [9.17, 15) is 9.90 Å². The molecule has 0 aliphatic heterocycles. The molecule has 22 heavy (non-hydrogen) atoms. The first kappa shape index (κ1) is 15.1. The summed E-state index contributed by atoms with van der Waals surface area (Å²) in [6.45, 7) is 0. The molecular weight excluding hydrogens is 280 g/mol. The van der Waals surface area contributed by atoms with Gasteiger partial charge in [0.25, 0.3) is 5.91 Å². The highest BCUT2D eigenvalue weighted by Gasteiger charge is 2.10. The minimum absolute atomic E-state index is 0.0338. The van der Waals surface area contributed by atoms with Crippen LogP contribution in [0.25, 0.3) is 6.08 Å². The fourth-order valence-electron chi connectivity index (χ4n) is 1.79. The van der Waals surface area contributed by atoms with Gasteiger partial charge in [-0.15, -0.1) is 0 Å². The zero-order valence-corrected chi connectivity index (χ0v) is 11.9. The summed E-state index contributed by atoms with van der Waals surface area (Å²) in [5.74, 6) is 0.221. The molecule has 0 radical (unpaired) electrons. The highest BCUT2D eigenvalue weighted by Crippen LogP contribution is 2.18. The van der Waals surface area contributed by atoms with Crippen molar-refractivity contribution < 1.29 is 14.6 Å². The molecule has 0 heterocycles. The van der Waals surface area contributed by atoms with Crippen LogP contribution in [0.2, 0.25) is 0 Å². The Morgan fingerprint density at radius 1 is 1.27 bits per heavy atom. The van der Waals surface area contributed by atoms with Gasteiger partial charge in [0, 0.05) is 11.8 Å². The molecule has 0 bridgehead atoms. The second-order valence-corrected chi connectivity index (χ2v) is 4.45. The average molecular weight is 294 g/mol. The zero-order chi connectivity index (χ0) is 15.9. The molecule has 0 spiro atoms. The Balaban J connectivity index is 2.18. The maximum atomic E-state index is 12.1. The predicted octanol–water partition coefficient (Wildman–Crippen LogP) is 2.95. The van der Waals surface area contributed by atoms with Crippen molar-refractivity contribution in [3.05, 3.63) is 59.7 Å². The number of carbonyl (C=O) groups excluding carboxylic acids is 1. The smallest absolute Gasteiger partial charge is 0.266 e. The van der Waals surface area contributed by atoms with Crippen molar-refractivity contribution in [3.63, 3.8) is 0 Å². The molecule has 110 valence electrons. The van der Waals surface area contributed by atoms with E-state index >= 15 is 0 Å². The van der Waals surface area contributed by atoms with Gasteiger partial charge in [-0.3, -0.25) is 4.79 Å². The van der Waals surface area contributed by atoms with E-state index < -0.39 is 5.91 Å². The van der Waals surface area contributed by atoms with Crippen molar-refractivity contribution in [1.82, 2.24) is 0 Å². The van der Waals surface area contributed by atoms with Crippen molar-refractivity contribution in [2.24, 2.45) is 0 Å². The molecule has 2 aromatic rings. The lowest BCUT2D eigenvalue weighted by molar-refractivity contribution is -0.112. The van der Waals surface area contributed by atoms with Crippen LogP contribution in [0.4, 0.5) is 5.69 Å². The van der Waals surface area contributed by atoms with Crippen molar-refractivity contribution >= 4 is 17.7 Å². The number of carbonyl (C=O) groups is 1. The van der Waals surface area contributed by atoms with Gasteiger partial charge in [-0.25, -0.2) is 0 Å². The van der Waals surface area contributed by atoms with Gasteiger partial charge in [-0.05, 0) is 35.9 Å². The number of hydrogen-bond donors (Lipinski definition) is 2. The van der Waals surface area contributed by atoms with Crippen LogP contribution in [0.3, 0.4) is 0 Å². The van der Waals surface area contributed by atoms with Gasteiger partial charge in [0.15, 0.2) is 0 Å². The molecular formula is C17H14N2O3. The van der Waals surface area contributed by atoms with Gasteiger partial charge in [-0.1, -0.05) is 18.2 Å². The van der Waals surface area contributed by atoms with E-state index in [0.29, 0.717) is 17.0 Å². The van der Waals surface area contributed by atoms with Crippen molar-refractivity contribution in [1.29, 1.82) is 5.26 Å². The van der Waals surface area contributed by atoms with Crippen LogP contribution in [-0.4, -0.2) is 18.1 Å². The molecule has 0 fully saturated rings. The number of phenolic OH excluding ortho intramolecular Hbond substituents is 1. The van der Waals surface area contributed by atoms with Crippen LogP contribution in [0.5, 0.6) is 11.5 Å². The summed E-state index contributed by atoms with van der Waals surface area (Å²) in [5.41, 5.74) is 1.15. The topological polar surface area (TPSA) is 82.3 Å². The summed E-state index contributed by atoms with van der Waals surface area (Å²) >= 11 is 0. The first-order valence-corrected chi connectivity index (χ1v) is 6.48. The van der Waals surface area contributed by atoms with Crippen LogP contribution in [0.15, 0.2) is 54.1 Å². The van der Waals surface area contributed by atoms with E-state index in [4.69, 9.17) is 10.00 Å². The summed E-state index contributed by atoms with van der Waals surface area (Å²) in [5, 5.41) is 21.0. The zero-order valence-electron chi connectivity index (χ0n) is 11.9. The third kappa shape index (κ3) is 3.87. The second-order valence-electron chi connectivity index (χ2n) is 4.45. The predicted molar refractivity (Wildman–Crippen MR) is 83.3 cm³/mol. The summed E-state index contributed by atoms with van der Waals surface area (Å²) in [4.78, 5) is 12.1. The van der Waals surface area contributed by atoms with E-state index in [1.807, 2.05) is 6.07 Å². The standard InChI is InChI=1S/C17H14N2O3/c1-22-16-4-2-3-14(10-16)19-17(21)13(11-18)9-12-5-7-15(20)8-6-12/h2-10,20H,1H3,(H,19,21)/b13-9+. The van der Waals surface area contributed by atoms with Gasteiger partial charge >= 0.3 is 0 Å². The third-order valence-corrected chi connectivity index (χ3v) is 2.90. The van der Waals surface area contributed by atoms with Crippen LogP contribution in [-0.2, 0) is 4.79 Å². The van der Waals surface area contributed by atoms with Crippen molar-refractivity contribution in [3.8, 4) is 17.6 Å². The number of amides is 1. The monoisotopic (exact) mass is 294 g/mol. The molecule has 5 heteroatoms. The average Bonchev–Trinajstić information content (AvgIpc) is 2.54. The molecule has 0 aliphatic rings. The molecule has 2 N–H and O–H groups in total. The molecule has 1 amide bonds. The number of ether oxygens (including phenoxy) is 1. The SMILES string of the molecule is COc1cccc(NC(=O)/C(C#N)=C/c2ccc(O)cc2)c1. The molecule has 0 saturated heterocycles. The van der Waals surface area contributed by atoms with E-state index in [-0.39, 0.29) is 11.3 Å². The molecule has 2 aromatic carbocycles. The lowest BCUT2D eigenvalue weighted by Gasteiger charge is -2.06. The van der Waals surface area contributed by atoms with Gasteiger partial charge in [-0.2, -0.15) is 5.26 Å². The summed E-state index contributed by atoms with van der Waals surface area (Å²) in [6, 6.07) is 14.9. The highest BCUT2D eigenvalue weighted by atomic mass is 16.5. The number of methoxy groups -OCH3 is 1. The Morgan fingerprint density at radius 3 is 2.64 bits per heavy atom. The molecule has 0 saturated carbocycles. The molecule has 2 rings (SSSR count). The number of anilines is 1. The lowest BCUT2D eigenvalue weighted by atomic mass is 10.1. The van der Waals surface area contributed by atoms with Crippen molar-refractivity contribution in [2.75, 3.05) is 12.4 Å². The van der Waals surface area contributed by atoms with Crippen LogP contribution in [0, 0.1) is 11.3 Å². The van der Waals surface area contributed by atoms with Crippen LogP contribution in [0.1, 0.15) is 5.56 Å². The second kappa shape index (κ2) is 6.95. The highest BCUT2D eigenvalue weighted by molar-refractivity contribution is 6.09. The number of rotatable bonds is 4. The lowest BCUT2D eigenvalue weighted by Crippen LogP contribution is -2.13. The summed E-state index contributed by atoms with van der Waals surface area (Å²) < 4.78 is 5.08. The third-order valence-electron chi connectivity index (χ3n) is 2.90. The number of nitriles is 1. The number of nitrogens with one attached hydrogen (secondary N) is 1. The largest absolute Gasteiger partial charge is 0.508 e. The molecule has 0 aromatic heterocycles. The Kier molecular flexibility index (Phi) is 4.78. The number of phenols is 1. The molecule has 0 aliphatic carbocycles. The maximum absolute atomic E-state index is 12.1. The Hall–Kier alpha value is -3.26. The molecule has 0 unspecified atom stereocenters. The maximum Gasteiger partial charge on any atom is 0.266 e. The summed E-state index contributed by atoms with van der Waals surface area (Å²) in [7, 11) is 1.53. The summed E-state index contributed by atoms with van der Waals surface area (Å²) in [6.07, 6.45) is 1.45. The fraction of sp³-hybridized carbons (Fsp3) is 0.0588. The van der Waals surface area contributed by atoms with E-state index in [1.165, 1.54) is 25.3 Å². The number of hydrogen-bond acceptors (Lipinski definition) is 4. The van der Waals surface area contributed by atoms with Gasteiger partial charge < -0.3 is 15.2 Å². The van der Waals surface area contributed by atoms with E-state index in [1.54, 1.807) is 36.4 Å². The Bertz CT molecular complexity index is 743. The first-order chi connectivity index (χ1) is 10.6. The Morgan fingerprint density at radius 2 is 2.00 bits per heavy atom. The van der Waals surface area contributed by atoms with Crippen LogP contribution < -0.4 is 10.1 Å². The molecule has 0 atom stereocenters. The number of benzene rings is 2. The van der Waals surface area contributed by atoms with Crippen LogP contribution >= 0.6 is 0 Å². The quantitative estimate of drug-likeness (QED) is 0.671. The first-order valence-electron chi connectivity index (χ1n) is 6.48. The van der Waals surface area contributed by atoms with Crippen molar-refractivity contribution in [2.45, 2.75) is 0 Å².